The number of benzene rings is 1. The van der Waals surface area contributed by atoms with Gasteiger partial charge in [0.1, 0.15) is 5.75 Å². The van der Waals surface area contributed by atoms with Gasteiger partial charge < -0.3 is 24.5 Å². The van der Waals surface area contributed by atoms with Gasteiger partial charge in [0, 0.05) is 6.42 Å². The second-order valence-corrected chi connectivity index (χ2v) is 13.5. The van der Waals surface area contributed by atoms with Crippen molar-refractivity contribution in [1.29, 1.82) is 0 Å². The summed E-state index contributed by atoms with van der Waals surface area (Å²) in [6, 6.07) is 5.77. The van der Waals surface area contributed by atoms with Crippen LogP contribution in [0.15, 0.2) is 22.6 Å². The molecule has 0 radical (unpaired) electrons. The maximum Gasteiger partial charge on any atom is 0.195 e. The molecule has 1 aromatic carbocycles. The van der Waals surface area contributed by atoms with Crippen LogP contribution in [0.2, 0.25) is 0 Å². The van der Waals surface area contributed by atoms with Gasteiger partial charge in [0.25, 0.3) is 0 Å². The molecule has 4 saturated carbocycles. The number of rotatable bonds is 5. The summed E-state index contributed by atoms with van der Waals surface area (Å²) in [6.45, 7) is 7.05. The first-order valence-corrected chi connectivity index (χ1v) is 14.6. The molecule has 204 valence electrons. The van der Waals surface area contributed by atoms with Crippen molar-refractivity contribution in [3.63, 3.8) is 0 Å². The second kappa shape index (κ2) is 9.24. The van der Waals surface area contributed by atoms with E-state index >= 15 is 0 Å². The van der Waals surface area contributed by atoms with Crippen LogP contribution in [-0.2, 0) is 6.42 Å². The number of hydrogen-bond acceptors (Lipinski definition) is 6. The molecule has 4 fully saturated rings. The van der Waals surface area contributed by atoms with Crippen molar-refractivity contribution in [1.82, 2.24) is 4.98 Å². The number of aliphatic hydroxyl groups excluding tert-OH is 3. The Morgan fingerprint density at radius 1 is 1.08 bits per heavy atom. The van der Waals surface area contributed by atoms with Crippen molar-refractivity contribution >= 4 is 11.1 Å². The summed E-state index contributed by atoms with van der Waals surface area (Å²) in [7, 11) is 1.66. The Kier molecular flexibility index (Phi) is 6.40. The molecule has 0 amide bonds. The van der Waals surface area contributed by atoms with Gasteiger partial charge in [-0.2, -0.15) is 0 Å². The summed E-state index contributed by atoms with van der Waals surface area (Å²) in [5.41, 5.74) is 1.48. The Balaban J connectivity index is 1.20. The van der Waals surface area contributed by atoms with Crippen LogP contribution in [-0.4, -0.2) is 45.7 Å². The molecule has 0 spiro atoms. The number of fused-ring (bicyclic) bond motifs is 6. The van der Waals surface area contributed by atoms with Gasteiger partial charge in [0.15, 0.2) is 17.0 Å². The molecular formula is C31H45NO5. The number of oxazole rings is 1. The van der Waals surface area contributed by atoms with E-state index in [1.54, 1.807) is 7.11 Å². The minimum absolute atomic E-state index is 0.114. The largest absolute Gasteiger partial charge is 0.494 e. The standard InChI is InChI=1S/C31H45NO5/c1-17(8-11-27-32-29-24(36-4)6-5-7-25(29)37-27)20-9-10-21-28-22(16-26(35)31(20,21)3)30(2)13-12-19(33)14-18(30)15-23(28)34/h5-7,17-23,26,28,33-35H,8-16H2,1-4H3/t17?,18-,19+,20+,21-,22-,23+,26-,28-,30-,31+/m0/s1. The predicted molar refractivity (Wildman–Crippen MR) is 142 cm³/mol. The number of methoxy groups -OCH3 is 1. The SMILES string of the molecule is COc1cccc2oc(CCC(C)[C@H]3CC[C@H]4[C@@H]5[C@H](O)C[C@@H]6C[C@H](O)CC[C@]6(C)[C@H]5C[C@H](O)[C@]34C)nc12. The Bertz CT molecular complexity index is 1130. The van der Waals surface area contributed by atoms with Gasteiger partial charge in [-0.05, 0) is 110 Å². The highest BCUT2D eigenvalue weighted by atomic mass is 16.5. The molecule has 6 rings (SSSR count). The molecule has 6 heteroatoms. The van der Waals surface area contributed by atoms with Crippen molar-refractivity contribution in [3.05, 3.63) is 24.1 Å². The van der Waals surface area contributed by atoms with Gasteiger partial charge in [0.05, 0.1) is 25.4 Å². The van der Waals surface area contributed by atoms with Gasteiger partial charge in [-0.1, -0.05) is 26.8 Å². The number of ether oxygens (including phenoxy) is 1. The van der Waals surface area contributed by atoms with E-state index in [1.165, 1.54) is 0 Å². The van der Waals surface area contributed by atoms with Crippen LogP contribution >= 0.6 is 0 Å². The van der Waals surface area contributed by atoms with Crippen molar-refractivity contribution < 1.29 is 24.5 Å². The first-order valence-electron chi connectivity index (χ1n) is 14.6. The number of aromatic nitrogens is 1. The third kappa shape index (κ3) is 3.88. The zero-order valence-electron chi connectivity index (χ0n) is 22.9. The maximum atomic E-state index is 11.8. The van der Waals surface area contributed by atoms with Gasteiger partial charge in [-0.3, -0.25) is 0 Å². The first kappa shape index (κ1) is 25.6. The smallest absolute Gasteiger partial charge is 0.195 e. The monoisotopic (exact) mass is 511 g/mol. The van der Waals surface area contributed by atoms with Crippen molar-refractivity contribution in [2.75, 3.05) is 7.11 Å². The molecule has 11 atom stereocenters. The average Bonchev–Trinajstić information content (AvgIpc) is 3.45. The zero-order valence-corrected chi connectivity index (χ0v) is 22.9. The zero-order chi connectivity index (χ0) is 26.1. The minimum Gasteiger partial charge on any atom is -0.494 e. The van der Waals surface area contributed by atoms with E-state index in [1.807, 2.05) is 18.2 Å². The van der Waals surface area contributed by atoms with E-state index in [0.29, 0.717) is 29.6 Å². The summed E-state index contributed by atoms with van der Waals surface area (Å²) in [5.74, 6) is 3.62. The van der Waals surface area contributed by atoms with Gasteiger partial charge in [-0.25, -0.2) is 4.98 Å². The summed E-state index contributed by atoms with van der Waals surface area (Å²) < 4.78 is 11.5. The third-order valence-electron chi connectivity index (χ3n) is 12.0. The minimum atomic E-state index is -0.350. The number of aryl methyl sites for hydroxylation is 1. The third-order valence-corrected chi connectivity index (χ3v) is 12.0. The number of hydrogen-bond donors (Lipinski definition) is 3. The molecule has 6 nitrogen and oxygen atoms in total. The number of nitrogens with zero attached hydrogens (tertiary/aromatic N) is 1. The van der Waals surface area contributed by atoms with Crippen LogP contribution in [0.4, 0.5) is 0 Å². The highest BCUT2D eigenvalue weighted by molar-refractivity contribution is 5.79. The van der Waals surface area contributed by atoms with E-state index in [4.69, 9.17) is 14.1 Å². The Morgan fingerprint density at radius 3 is 2.68 bits per heavy atom. The van der Waals surface area contributed by atoms with E-state index in [9.17, 15) is 15.3 Å². The van der Waals surface area contributed by atoms with E-state index in [-0.39, 0.29) is 35.1 Å². The molecule has 1 heterocycles. The van der Waals surface area contributed by atoms with E-state index in [0.717, 1.165) is 80.5 Å². The Labute approximate surface area is 220 Å². The molecule has 4 aliphatic rings. The highest BCUT2D eigenvalue weighted by Crippen LogP contribution is 2.68. The van der Waals surface area contributed by atoms with Crippen molar-refractivity contribution in [2.24, 2.45) is 46.3 Å². The molecule has 0 saturated heterocycles. The van der Waals surface area contributed by atoms with Gasteiger partial charge in [-0.15, -0.1) is 0 Å². The molecule has 1 aromatic heterocycles. The fraction of sp³-hybridized carbons (Fsp3) is 0.774. The molecule has 3 N–H and O–H groups in total. The lowest BCUT2D eigenvalue weighted by atomic mass is 9.43. The van der Waals surface area contributed by atoms with Crippen LogP contribution < -0.4 is 4.74 Å². The number of aliphatic hydroxyl groups is 3. The topological polar surface area (TPSA) is 96.0 Å². The second-order valence-electron chi connectivity index (χ2n) is 13.5. The Morgan fingerprint density at radius 2 is 1.89 bits per heavy atom. The summed E-state index contributed by atoms with van der Waals surface area (Å²) in [4.78, 5) is 4.72. The molecule has 1 unspecified atom stereocenters. The van der Waals surface area contributed by atoms with E-state index < -0.39 is 0 Å². The fourth-order valence-electron chi connectivity index (χ4n) is 9.92. The first-order chi connectivity index (χ1) is 17.7. The number of para-hydroxylation sites is 1. The van der Waals surface area contributed by atoms with Crippen molar-refractivity contribution in [2.45, 2.75) is 96.9 Å². The van der Waals surface area contributed by atoms with Crippen molar-refractivity contribution in [3.8, 4) is 5.75 Å². The molecule has 0 bridgehead atoms. The maximum absolute atomic E-state index is 11.8. The van der Waals surface area contributed by atoms with Gasteiger partial charge in [0.2, 0.25) is 0 Å². The Hall–Kier alpha value is -1.63. The molecule has 37 heavy (non-hydrogen) atoms. The lowest BCUT2D eigenvalue weighted by molar-refractivity contribution is -0.207. The highest BCUT2D eigenvalue weighted by Gasteiger charge is 2.65. The molecule has 2 aromatic rings. The fourth-order valence-corrected chi connectivity index (χ4v) is 9.92. The van der Waals surface area contributed by atoms with Crippen LogP contribution in [0.3, 0.4) is 0 Å². The lowest BCUT2D eigenvalue weighted by Gasteiger charge is -2.63. The van der Waals surface area contributed by atoms with Crippen LogP contribution in [0.1, 0.15) is 78.0 Å². The molecular weight excluding hydrogens is 466 g/mol. The van der Waals surface area contributed by atoms with Gasteiger partial charge >= 0.3 is 0 Å². The summed E-state index contributed by atoms with van der Waals surface area (Å²) in [6.07, 6.45) is 7.27. The summed E-state index contributed by atoms with van der Waals surface area (Å²) >= 11 is 0. The average molecular weight is 512 g/mol. The summed E-state index contributed by atoms with van der Waals surface area (Å²) in [5, 5.41) is 33.6. The quantitative estimate of drug-likeness (QED) is 0.500. The predicted octanol–water partition coefficient (Wildman–Crippen LogP) is 5.37. The molecule has 0 aliphatic heterocycles. The normalized spacial score (nSPS) is 44.2. The lowest BCUT2D eigenvalue weighted by Crippen LogP contribution is -2.62. The van der Waals surface area contributed by atoms with Crippen LogP contribution in [0.25, 0.3) is 11.1 Å². The van der Waals surface area contributed by atoms with E-state index in [2.05, 4.69) is 20.8 Å². The van der Waals surface area contributed by atoms with Crippen LogP contribution in [0.5, 0.6) is 5.75 Å². The van der Waals surface area contributed by atoms with Crippen LogP contribution in [0, 0.1) is 46.3 Å². The molecule has 4 aliphatic carbocycles.